The average molecular weight is 481 g/mol. The second-order valence-corrected chi connectivity index (χ2v) is 9.63. The summed E-state index contributed by atoms with van der Waals surface area (Å²) in [6.07, 6.45) is 0. The molecule has 0 atom stereocenters. The molecule has 188 valence electrons. The van der Waals surface area contributed by atoms with Gasteiger partial charge >= 0.3 is 11.8 Å². The SMILES string of the molecule is CCOc1ccc(NC(=O)C(=O)NCCN2CCN(C(=O)c3ccc(C(C)(C)C)cc3)CC2)cc1. The summed E-state index contributed by atoms with van der Waals surface area (Å²) >= 11 is 0. The normalized spacial score (nSPS) is 14.3. The van der Waals surface area contributed by atoms with Gasteiger partial charge in [-0.2, -0.15) is 0 Å². The predicted molar refractivity (Wildman–Crippen MR) is 137 cm³/mol. The van der Waals surface area contributed by atoms with E-state index in [9.17, 15) is 14.4 Å². The molecule has 0 saturated carbocycles. The van der Waals surface area contributed by atoms with Crippen LogP contribution in [0.25, 0.3) is 0 Å². The van der Waals surface area contributed by atoms with Crippen molar-refractivity contribution >= 4 is 23.4 Å². The number of piperazine rings is 1. The number of rotatable bonds is 7. The highest BCUT2D eigenvalue weighted by Gasteiger charge is 2.23. The van der Waals surface area contributed by atoms with Gasteiger partial charge in [0, 0.05) is 50.5 Å². The minimum atomic E-state index is -0.706. The first kappa shape index (κ1) is 26.2. The first-order chi connectivity index (χ1) is 16.7. The van der Waals surface area contributed by atoms with Gasteiger partial charge in [-0.05, 0) is 54.3 Å². The Hall–Kier alpha value is -3.39. The summed E-state index contributed by atoms with van der Waals surface area (Å²) in [6.45, 7) is 12.6. The van der Waals surface area contributed by atoms with Gasteiger partial charge in [-0.3, -0.25) is 19.3 Å². The molecule has 2 aromatic rings. The molecule has 0 spiro atoms. The number of carbonyl (C=O) groups is 3. The van der Waals surface area contributed by atoms with Crippen LogP contribution < -0.4 is 15.4 Å². The number of hydrogen-bond acceptors (Lipinski definition) is 5. The highest BCUT2D eigenvalue weighted by atomic mass is 16.5. The van der Waals surface area contributed by atoms with Crippen LogP contribution in [0.3, 0.4) is 0 Å². The molecule has 1 aliphatic heterocycles. The van der Waals surface area contributed by atoms with Crippen molar-refractivity contribution in [3.8, 4) is 5.75 Å². The number of ether oxygens (including phenoxy) is 1. The molecule has 0 bridgehead atoms. The average Bonchev–Trinajstić information content (AvgIpc) is 2.85. The molecule has 2 aromatic carbocycles. The van der Waals surface area contributed by atoms with Gasteiger partial charge in [0.05, 0.1) is 6.61 Å². The minimum absolute atomic E-state index is 0.0457. The van der Waals surface area contributed by atoms with Gasteiger partial charge in [0.2, 0.25) is 0 Å². The Kier molecular flexibility index (Phi) is 8.87. The second kappa shape index (κ2) is 11.8. The van der Waals surface area contributed by atoms with E-state index < -0.39 is 11.8 Å². The monoisotopic (exact) mass is 480 g/mol. The smallest absolute Gasteiger partial charge is 0.313 e. The zero-order valence-electron chi connectivity index (χ0n) is 21.1. The van der Waals surface area contributed by atoms with Crippen LogP contribution in [0.2, 0.25) is 0 Å². The Balaban J connectivity index is 1.37. The number of anilines is 1. The maximum Gasteiger partial charge on any atom is 0.313 e. The van der Waals surface area contributed by atoms with Crippen molar-refractivity contribution < 1.29 is 19.1 Å². The lowest BCUT2D eigenvalue weighted by molar-refractivity contribution is -0.136. The molecule has 3 rings (SSSR count). The molecule has 0 aliphatic carbocycles. The van der Waals surface area contributed by atoms with E-state index in [1.54, 1.807) is 24.3 Å². The lowest BCUT2D eigenvalue weighted by Gasteiger charge is -2.34. The number of nitrogens with one attached hydrogen (secondary N) is 2. The molecule has 35 heavy (non-hydrogen) atoms. The number of amides is 3. The van der Waals surface area contributed by atoms with Crippen LogP contribution in [-0.4, -0.2) is 73.4 Å². The van der Waals surface area contributed by atoms with Crippen LogP contribution in [0.1, 0.15) is 43.6 Å². The van der Waals surface area contributed by atoms with Gasteiger partial charge in [0.15, 0.2) is 0 Å². The molecule has 8 nitrogen and oxygen atoms in total. The molecule has 0 unspecified atom stereocenters. The van der Waals surface area contributed by atoms with Crippen LogP contribution >= 0.6 is 0 Å². The van der Waals surface area contributed by atoms with Crippen molar-refractivity contribution in [1.29, 1.82) is 0 Å². The fourth-order valence-corrected chi connectivity index (χ4v) is 3.87. The van der Waals surface area contributed by atoms with Crippen molar-refractivity contribution in [3.05, 3.63) is 59.7 Å². The Bertz CT molecular complexity index is 1000. The molecule has 3 amide bonds. The van der Waals surface area contributed by atoms with E-state index in [1.807, 2.05) is 36.1 Å². The van der Waals surface area contributed by atoms with Crippen LogP contribution in [0.5, 0.6) is 5.75 Å². The molecule has 1 heterocycles. The third-order valence-electron chi connectivity index (χ3n) is 6.00. The number of hydrogen-bond donors (Lipinski definition) is 2. The first-order valence-electron chi connectivity index (χ1n) is 12.1. The highest BCUT2D eigenvalue weighted by molar-refractivity contribution is 6.39. The fraction of sp³-hybridized carbons (Fsp3) is 0.444. The van der Waals surface area contributed by atoms with Crippen molar-refractivity contribution in [3.63, 3.8) is 0 Å². The second-order valence-electron chi connectivity index (χ2n) is 9.63. The Morgan fingerprint density at radius 2 is 1.51 bits per heavy atom. The van der Waals surface area contributed by atoms with Gasteiger partial charge in [0.25, 0.3) is 5.91 Å². The summed E-state index contributed by atoms with van der Waals surface area (Å²) in [4.78, 5) is 41.1. The Morgan fingerprint density at radius 3 is 2.09 bits per heavy atom. The molecule has 1 saturated heterocycles. The third-order valence-corrected chi connectivity index (χ3v) is 6.00. The molecule has 2 N–H and O–H groups in total. The van der Waals surface area contributed by atoms with E-state index in [-0.39, 0.29) is 11.3 Å². The molecular formula is C27H36N4O4. The third kappa shape index (κ3) is 7.55. The van der Waals surface area contributed by atoms with Crippen LogP contribution in [0.4, 0.5) is 5.69 Å². The summed E-state index contributed by atoms with van der Waals surface area (Å²) in [6, 6.07) is 14.7. The van der Waals surface area contributed by atoms with Crippen molar-refractivity contribution in [2.75, 3.05) is 51.2 Å². The summed E-state index contributed by atoms with van der Waals surface area (Å²) in [5.74, 6) is -0.631. The van der Waals surface area contributed by atoms with Crippen LogP contribution in [0.15, 0.2) is 48.5 Å². The molecular weight excluding hydrogens is 444 g/mol. The van der Waals surface area contributed by atoms with Gasteiger partial charge in [0.1, 0.15) is 5.75 Å². The lowest BCUT2D eigenvalue weighted by Crippen LogP contribution is -2.50. The van der Waals surface area contributed by atoms with Gasteiger partial charge in [-0.1, -0.05) is 32.9 Å². The van der Waals surface area contributed by atoms with Gasteiger partial charge < -0.3 is 20.3 Å². The van der Waals surface area contributed by atoms with E-state index >= 15 is 0 Å². The number of benzene rings is 2. The molecule has 1 fully saturated rings. The summed E-state index contributed by atoms with van der Waals surface area (Å²) < 4.78 is 5.36. The molecule has 0 radical (unpaired) electrons. The number of carbonyl (C=O) groups excluding carboxylic acids is 3. The maximum absolute atomic E-state index is 12.8. The predicted octanol–water partition coefficient (Wildman–Crippen LogP) is 2.90. The largest absolute Gasteiger partial charge is 0.494 e. The summed E-state index contributed by atoms with van der Waals surface area (Å²) in [5.41, 5.74) is 2.49. The van der Waals surface area contributed by atoms with E-state index in [2.05, 4.69) is 36.3 Å². The quantitative estimate of drug-likeness (QED) is 0.595. The fourth-order valence-electron chi connectivity index (χ4n) is 3.87. The molecule has 1 aliphatic rings. The highest BCUT2D eigenvalue weighted by Crippen LogP contribution is 2.22. The minimum Gasteiger partial charge on any atom is -0.494 e. The van der Waals surface area contributed by atoms with Gasteiger partial charge in [-0.25, -0.2) is 0 Å². The Morgan fingerprint density at radius 1 is 0.886 bits per heavy atom. The Labute approximate surface area is 207 Å². The van der Waals surface area contributed by atoms with E-state index in [0.29, 0.717) is 49.8 Å². The topological polar surface area (TPSA) is 91.0 Å². The van der Waals surface area contributed by atoms with Gasteiger partial charge in [-0.15, -0.1) is 0 Å². The van der Waals surface area contributed by atoms with Crippen molar-refractivity contribution in [1.82, 2.24) is 15.1 Å². The van der Waals surface area contributed by atoms with Crippen molar-refractivity contribution in [2.45, 2.75) is 33.1 Å². The van der Waals surface area contributed by atoms with Crippen molar-refractivity contribution in [2.24, 2.45) is 0 Å². The standard InChI is InChI=1S/C27H36N4O4/c1-5-35-23-12-10-22(11-13-23)29-25(33)24(32)28-14-15-30-16-18-31(19-17-30)26(34)20-6-8-21(9-7-20)27(2,3)4/h6-13H,5,14-19H2,1-4H3,(H,28,32)(H,29,33). The number of nitrogens with zero attached hydrogens (tertiary/aromatic N) is 2. The van der Waals surface area contributed by atoms with E-state index in [0.717, 1.165) is 13.1 Å². The zero-order chi connectivity index (χ0) is 25.4. The van der Waals surface area contributed by atoms with Crippen LogP contribution in [0, 0.1) is 0 Å². The first-order valence-corrected chi connectivity index (χ1v) is 12.1. The lowest BCUT2D eigenvalue weighted by atomic mass is 9.86. The summed E-state index contributed by atoms with van der Waals surface area (Å²) in [7, 11) is 0. The molecule has 0 aromatic heterocycles. The summed E-state index contributed by atoms with van der Waals surface area (Å²) in [5, 5.41) is 5.24. The molecule has 8 heteroatoms. The maximum atomic E-state index is 12.8. The van der Waals surface area contributed by atoms with E-state index in [4.69, 9.17) is 4.74 Å². The van der Waals surface area contributed by atoms with E-state index in [1.165, 1.54) is 5.56 Å². The zero-order valence-corrected chi connectivity index (χ0v) is 21.1. The van der Waals surface area contributed by atoms with Crippen LogP contribution in [-0.2, 0) is 15.0 Å².